The molecule has 2 aromatic rings. The van der Waals surface area contributed by atoms with Crippen molar-refractivity contribution in [2.75, 3.05) is 0 Å². The second-order valence-electron chi connectivity index (χ2n) is 3.82. The van der Waals surface area contributed by atoms with Crippen molar-refractivity contribution in [3.05, 3.63) is 49.5 Å². The molecule has 20 heavy (non-hydrogen) atoms. The highest BCUT2D eigenvalue weighted by molar-refractivity contribution is 7.71. The zero-order chi connectivity index (χ0) is 14.7. The molecule has 0 atom stereocenters. The van der Waals surface area contributed by atoms with Gasteiger partial charge in [0.05, 0.1) is 11.1 Å². The standard InChI is InChI=1S/C11H10ClN5O2S/c1-2-10-14-15-11(20)16(10)13-6-7-5-8(17(18)19)3-4-9(7)12/h3-6H,2H2,1H3,(H,15,20)/b13-6-. The average molecular weight is 312 g/mol. The first-order valence-electron chi connectivity index (χ1n) is 5.67. The van der Waals surface area contributed by atoms with E-state index in [1.165, 1.54) is 29.1 Å². The van der Waals surface area contributed by atoms with Crippen molar-refractivity contribution in [1.82, 2.24) is 14.9 Å². The Hall–Kier alpha value is -2.06. The summed E-state index contributed by atoms with van der Waals surface area (Å²) in [5.41, 5.74) is 0.383. The van der Waals surface area contributed by atoms with E-state index in [2.05, 4.69) is 15.3 Å². The summed E-state index contributed by atoms with van der Waals surface area (Å²) >= 11 is 11.0. The number of nitro groups is 1. The molecule has 1 heterocycles. The van der Waals surface area contributed by atoms with Gasteiger partial charge in [0.15, 0.2) is 5.82 Å². The van der Waals surface area contributed by atoms with Crippen LogP contribution in [0.3, 0.4) is 0 Å². The van der Waals surface area contributed by atoms with E-state index in [1.54, 1.807) is 0 Å². The Labute approximate surface area is 124 Å². The molecule has 1 N–H and O–H groups in total. The second kappa shape index (κ2) is 5.93. The number of aromatic nitrogens is 3. The molecule has 104 valence electrons. The van der Waals surface area contributed by atoms with Gasteiger partial charge in [-0.25, -0.2) is 0 Å². The fraction of sp³-hybridized carbons (Fsp3) is 0.182. The molecule has 0 spiro atoms. The molecule has 0 saturated heterocycles. The number of H-pyrrole nitrogens is 1. The van der Waals surface area contributed by atoms with Gasteiger partial charge in [-0.2, -0.15) is 14.9 Å². The van der Waals surface area contributed by atoms with E-state index >= 15 is 0 Å². The summed E-state index contributed by atoms with van der Waals surface area (Å²) < 4.78 is 1.80. The molecule has 1 aromatic carbocycles. The van der Waals surface area contributed by atoms with Gasteiger partial charge >= 0.3 is 0 Å². The lowest BCUT2D eigenvalue weighted by molar-refractivity contribution is -0.384. The van der Waals surface area contributed by atoms with Gasteiger partial charge < -0.3 is 0 Å². The number of non-ortho nitro benzene ring substituents is 1. The van der Waals surface area contributed by atoms with E-state index in [-0.39, 0.29) is 5.69 Å². The summed E-state index contributed by atoms with van der Waals surface area (Å²) in [4.78, 5) is 10.2. The summed E-state index contributed by atoms with van der Waals surface area (Å²) in [6.07, 6.45) is 2.06. The summed E-state index contributed by atoms with van der Waals surface area (Å²) in [6.45, 7) is 1.91. The lowest BCUT2D eigenvalue weighted by atomic mass is 10.2. The van der Waals surface area contributed by atoms with Gasteiger partial charge in [0, 0.05) is 29.1 Å². The maximum Gasteiger partial charge on any atom is 0.270 e. The zero-order valence-electron chi connectivity index (χ0n) is 10.4. The van der Waals surface area contributed by atoms with Crippen LogP contribution in [0.2, 0.25) is 5.02 Å². The number of nitrogens with zero attached hydrogens (tertiary/aromatic N) is 4. The minimum absolute atomic E-state index is 0.0534. The van der Waals surface area contributed by atoms with Crippen LogP contribution in [0, 0.1) is 14.9 Å². The molecule has 2 rings (SSSR count). The first kappa shape index (κ1) is 14.4. The van der Waals surface area contributed by atoms with Gasteiger partial charge in [-0.1, -0.05) is 18.5 Å². The van der Waals surface area contributed by atoms with E-state index in [0.29, 0.717) is 27.6 Å². The molecule has 0 radical (unpaired) electrons. The van der Waals surface area contributed by atoms with Crippen LogP contribution in [-0.2, 0) is 6.42 Å². The lowest BCUT2D eigenvalue weighted by Crippen LogP contribution is -1.98. The highest BCUT2D eigenvalue weighted by Crippen LogP contribution is 2.20. The zero-order valence-corrected chi connectivity index (χ0v) is 12.0. The fourth-order valence-electron chi connectivity index (χ4n) is 1.54. The number of aryl methyl sites for hydroxylation is 1. The lowest BCUT2D eigenvalue weighted by Gasteiger charge is -1.99. The number of hydrogen-bond donors (Lipinski definition) is 1. The van der Waals surface area contributed by atoms with E-state index in [9.17, 15) is 10.1 Å². The smallest absolute Gasteiger partial charge is 0.258 e. The van der Waals surface area contributed by atoms with Gasteiger partial charge in [-0.05, 0) is 18.3 Å². The molecule has 0 fully saturated rings. The number of halogens is 1. The number of benzene rings is 1. The van der Waals surface area contributed by atoms with Gasteiger partial charge in [0.25, 0.3) is 5.69 Å². The molecule has 0 aliphatic heterocycles. The fourth-order valence-corrected chi connectivity index (χ4v) is 1.90. The number of hydrogen-bond acceptors (Lipinski definition) is 5. The van der Waals surface area contributed by atoms with Crippen LogP contribution in [-0.4, -0.2) is 26.0 Å². The van der Waals surface area contributed by atoms with Crippen LogP contribution < -0.4 is 0 Å². The first-order valence-corrected chi connectivity index (χ1v) is 6.46. The predicted molar refractivity (Wildman–Crippen MR) is 77.9 cm³/mol. The molecule has 7 nitrogen and oxygen atoms in total. The Kier molecular flexibility index (Phi) is 4.26. The average Bonchev–Trinajstić information content (AvgIpc) is 2.78. The Morgan fingerprint density at radius 2 is 2.40 bits per heavy atom. The largest absolute Gasteiger partial charge is 0.270 e. The van der Waals surface area contributed by atoms with Crippen LogP contribution in [0.4, 0.5) is 5.69 Å². The Morgan fingerprint density at radius 1 is 1.65 bits per heavy atom. The van der Waals surface area contributed by atoms with E-state index in [0.717, 1.165) is 0 Å². The van der Waals surface area contributed by atoms with Crippen molar-refractivity contribution in [2.45, 2.75) is 13.3 Å². The minimum Gasteiger partial charge on any atom is -0.258 e. The maximum atomic E-state index is 10.7. The van der Waals surface area contributed by atoms with Crippen LogP contribution in [0.5, 0.6) is 0 Å². The first-order chi connectivity index (χ1) is 9.52. The molecular formula is C11H10ClN5O2S. The Morgan fingerprint density at radius 3 is 3.05 bits per heavy atom. The number of nitro benzene ring substituents is 1. The van der Waals surface area contributed by atoms with Crippen molar-refractivity contribution in [3.63, 3.8) is 0 Å². The molecule has 0 amide bonds. The molecule has 1 aromatic heterocycles. The molecule has 0 aliphatic rings. The Bertz CT molecular complexity index is 737. The topological polar surface area (TPSA) is 89.1 Å². The van der Waals surface area contributed by atoms with Crippen molar-refractivity contribution < 1.29 is 4.92 Å². The molecule has 9 heteroatoms. The van der Waals surface area contributed by atoms with Crippen LogP contribution in [0.25, 0.3) is 0 Å². The third-order valence-corrected chi connectivity index (χ3v) is 3.14. The second-order valence-corrected chi connectivity index (χ2v) is 4.61. The summed E-state index contributed by atoms with van der Waals surface area (Å²) in [6, 6.07) is 4.14. The molecule has 0 aliphatic carbocycles. The monoisotopic (exact) mass is 311 g/mol. The number of nitrogens with one attached hydrogen (secondary N) is 1. The normalized spacial score (nSPS) is 11.1. The molecule has 0 unspecified atom stereocenters. The third kappa shape index (κ3) is 2.91. The maximum absolute atomic E-state index is 10.7. The van der Waals surface area contributed by atoms with Crippen molar-refractivity contribution >= 4 is 35.7 Å². The predicted octanol–water partition coefficient (Wildman–Crippen LogP) is 2.95. The van der Waals surface area contributed by atoms with E-state index in [1.807, 2.05) is 6.92 Å². The molecular weight excluding hydrogens is 302 g/mol. The van der Waals surface area contributed by atoms with Crippen molar-refractivity contribution in [2.24, 2.45) is 5.10 Å². The molecule has 0 saturated carbocycles. The van der Waals surface area contributed by atoms with Crippen LogP contribution >= 0.6 is 23.8 Å². The summed E-state index contributed by atoms with van der Waals surface area (Å²) in [5.74, 6) is 0.660. The molecule has 0 bridgehead atoms. The minimum atomic E-state index is -0.491. The van der Waals surface area contributed by atoms with Crippen LogP contribution in [0.1, 0.15) is 18.3 Å². The highest BCUT2D eigenvalue weighted by Gasteiger charge is 2.08. The van der Waals surface area contributed by atoms with Crippen molar-refractivity contribution in [3.8, 4) is 0 Å². The van der Waals surface area contributed by atoms with E-state index < -0.39 is 4.92 Å². The number of rotatable bonds is 4. The van der Waals surface area contributed by atoms with Gasteiger partial charge in [-0.15, -0.1) is 0 Å². The quantitative estimate of drug-likeness (QED) is 0.407. The van der Waals surface area contributed by atoms with Gasteiger partial charge in [-0.3, -0.25) is 15.2 Å². The third-order valence-electron chi connectivity index (χ3n) is 2.54. The van der Waals surface area contributed by atoms with Crippen LogP contribution in [0.15, 0.2) is 23.3 Å². The summed E-state index contributed by atoms with van der Waals surface area (Å²) in [7, 11) is 0. The van der Waals surface area contributed by atoms with Gasteiger partial charge in [0.1, 0.15) is 0 Å². The Balaban J connectivity index is 2.41. The highest BCUT2D eigenvalue weighted by atomic mass is 35.5. The van der Waals surface area contributed by atoms with Gasteiger partial charge in [0.2, 0.25) is 4.77 Å². The van der Waals surface area contributed by atoms with Crippen molar-refractivity contribution in [1.29, 1.82) is 0 Å². The number of aromatic amines is 1. The summed E-state index contributed by atoms with van der Waals surface area (Å²) in [5, 5.41) is 21.9. The SMILES string of the molecule is CCc1n[nH]c(=S)n1/N=C\c1cc([N+](=O)[O-])ccc1Cl. The van der Waals surface area contributed by atoms with E-state index in [4.69, 9.17) is 23.8 Å².